The molecule has 0 aliphatic carbocycles. The minimum absolute atomic E-state index is 0.0133. The van der Waals surface area contributed by atoms with Gasteiger partial charge in [0.25, 0.3) is 0 Å². The Morgan fingerprint density at radius 3 is 2.21 bits per heavy atom. The fourth-order valence-electron chi connectivity index (χ4n) is 3.80. The van der Waals surface area contributed by atoms with Crippen molar-refractivity contribution in [2.45, 2.75) is 84.1 Å². The van der Waals surface area contributed by atoms with Crippen molar-refractivity contribution in [2.24, 2.45) is 0 Å². The van der Waals surface area contributed by atoms with Crippen LogP contribution in [0.2, 0.25) is 0 Å². The molecule has 0 saturated carbocycles. The Hall–Kier alpha value is -2.38. The highest BCUT2D eigenvalue weighted by Crippen LogP contribution is 2.38. The van der Waals surface area contributed by atoms with E-state index in [1.54, 1.807) is 4.90 Å². The SMILES string of the molecule is CC.CC(C)(C)OC(=O)N1C2CCC1CC(Oc1ccc(F)c(C(=O)OF)c1)C2. The van der Waals surface area contributed by atoms with Gasteiger partial charge < -0.3 is 14.4 Å². The molecule has 1 aromatic carbocycles. The number of carbonyl (C=O) groups is 2. The third kappa shape index (κ3) is 5.58. The Morgan fingerprint density at radius 2 is 1.69 bits per heavy atom. The molecule has 0 spiro atoms. The minimum atomic E-state index is -1.40. The summed E-state index contributed by atoms with van der Waals surface area (Å²) in [4.78, 5) is 28.6. The van der Waals surface area contributed by atoms with Gasteiger partial charge in [-0.15, -0.1) is 0 Å². The predicted octanol–water partition coefficient (Wildman–Crippen LogP) is 5.20. The first-order chi connectivity index (χ1) is 13.7. The van der Waals surface area contributed by atoms with E-state index in [-0.39, 0.29) is 30.0 Å². The smallest absolute Gasteiger partial charge is 0.410 e. The number of benzene rings is 1. The van der Waals surface area contributed by atoms with Crippen molar-refractivity contribution < 1.29 is 32.9 Å². The summed E-state index contributed by atoms with van der Waals surface area (Å²) in [5.41, 5.74) is -1.08. The van der Waals surface area contributed by atoms with Crippen molar-refractivity contribution >= 4 is 12.1 Å². The maximum absolute atomic E-state index is 13.6. The highest BCUT2D eigenvalue weighted by molar-refractivity contribution is 5.89. The number of rotatable bonds is 3. The summed E-state index contributed by atoms with van der Waals surface area (Å²) in [6.07, 6.45) is 2.44. The normalized spacial score (nSPS) is 23.0. The van der Waals surface area contributed by atoms with Gasteiger partial charge in [0.15, 0.2) is 0 Å². The molecule has 2 atom stereocenters. The monoisotopic (exact) mass is 413 g/mol. The first kappa shape index (κ1) is 22.9. The number of piperidine rings is 1. The number of amides is 1. The Labute approximate surface area is 170 Å². The highest BCUT2D eigenvalue weighted by Gasteiger charge is 2.45. The Bertz CT molecular complexity index is 720. The first-order valence-corrected chi connectivity index (χ1v) is 9.98. The first-order valence-electron chi connectivity index (χ1n) is 9.98. The van der Waals surface area contributed by atoms with Crippen LogP contribution in [0.15, 0.2) is 18.2 Å². The molecule has 1 amide bonds. The number of carbonyl (C=O) groups excluding carboxylic acids is 2. The minimum Gasteiger partial charge on any atom is -0.490 e. The lowest BCUT2D eigenvalue weighted by Gasteiger charge is -2.39. The lowest BCUT2D eigenvalue weighted by Crippen LogP contribution is -2.50. The molecule has 2 bridgehead atoms. The van der Waals surface area contributed by atoms with Gasteiger partial charge >= 0.3 is 12.1 Å². The number of halogens is 2. The Kier molecular flexibility index (Phi) is 7.43. The van der Waals surface area contributed by atoms with Gasteiger partial charge in [-0.2, -0.15) is 0 Å². The van der Waals surface area contributed by atoms with Crippen molar-refractivity contribution in [2.75, 3.05) is 0 Å². The molecule has 2 saturated heterocycles. The second-order valence-electron chi connectivity index (χ2n) is 7.99. The molecule has 6 nitrogen and oxygen atoms in total. The summed E-state index contributed by atoms with van der Waals surface area (Å²) in [5, 5.41) is 0. The molecule has 0 aromatic heterocycles. The molecule has 0 N–H and O–H groups in total. The zero-order valence-electron chi connectivity index (χ0n) is 17.5. The van der Waals surface area contributed by atoms with Gasteiger partial charge in [-0.3, -0.25) is 0 Å². The maximum atomic E-state index is 13.6. The van der Waals surface area contributed by atoms with Gasteiger partial charge in [0, 0.05) is 29.5 Å². The molecule has 8 heteroatoms. The Balaban J connectivity index is 0.00000145. The largest absolute Gasteiger partial charge is 0.490 e. The summed E-state index contributed by atoms with van der Waals surface area (Å²) >= 11 is 0. The van der Waals surface area contributed by atoms with Gasteiger partial charge in [0.05, 0.1) is 0 Å². The van der Waals surface area contributed by atoms with Crippen LogP contribution in [0.4, 0.5) is 13.7 Å². The van der Waals surface area contributed by atoms with Crippen LogP contribution in [0.5, 0.6) is 5.75 Å². The molecule has 3 rings (SSSR count). The van der Waals surface area contributed by atoms with E-state index >= 15 is 0 Å². The quantitative estimate of drug-likeness (QED) is 0.681. The summed E-state index contributed by atoms with van der Waals surface area (Å²) < 4.78 is 37.1. The van der Waals surface area contributed by atoms with Crippen LogP contribution < -0.4 is 4.74 Å². The van der Waals surface area contributed by atoms with Crippen LogP contribution in [-0.2, 0) is 9.68 Å². The average Bonchev–Trinajstić information content (AvgIpc) is 2.94. The molecule has 0 radical (unpaired) electrons. The third-order valence-electron chi connectivity index (χ3n) is 4.82. The molecule has 29 heavy (non-hydrogen) atoms. The predicted molar refractivity (Wildman–Crippen MR) is 103 cm³/mol. The van der Waals surface area contributed by atoms with Crippen LogP contribution in [0.1, 0.15) is 70.7 Å². The molecular formula is C21H29F2NO5. The van der Waals surface area contributed by atoms with E-state index < -0.39 is 23.0 Å². The van der Waals surface area contributed by atoms with Crippen LogP contribution in [0.3, 0.4) is 0 Å². The van der Waals surface area contributed by atoms with Crippen molar-refractivity contribution in [3.05, 3.63) is 29.6 Å². The summed E-state index contributed by atoms with van der Waals surface area (Å²) in [6, 6.07) is 3.57. The average molecular weight is 413 g/mol. The van der Waals surface area contributed by atoms with Crippen molar-refractivity contribution in [1.29, 1.82) is 0 Å². The zero-order valence-corrected chi connectivity index (χ0v) is 17.5. The van der Waals surface area contributed by atoms with E-state index in [1.165, 1.54) is 6.07 Å². The van der Waals surface area contributed by atoms with Gasteiger partial charge in [0.2, 0.25) is 0 Å². The van der Waals surface area contributed by atoms with Gasteiger partial charge in [0.1, 0.15) is 28.8 Å². The number of hydrogen-bond donors (Lipinski definition) is 0. The molecule has 162 valence electrons. The highest BCUT2D eigenvalue weighted by atomic mass is 19.3. The zero-order chi connectivity index (χ0) is 21.8. The molecule has 2 unspecified atom stereocenters. The van der Waals surface area contributed by atoms with Crippen molar-refractivity contribution in [3.8, 4) is 5.75 Å². The van der Waals surface area contributed by atoms with E-state index in [0.717, 1.165) is 25.0 Å². The third-order valence-corrected chi connectivity index (χ3v) is 4.82. The van der Waals surface area contributed by atoms with Crippen LogP contribution in [0, 0.1) is 5.82 Å². The van der Waals surface area contributed by atoms with E-state index in [0.29, 0.717) is 12.8 Å². The lowest BCUT2D eigenvalue weighted by atomic mass is 10.00. The van der Waals surface area contributed by atoms with Crippen molar-refractivity contribution in [3.63, 3.8) is 0 Å². The van der Waals surface area contributed by atoms with E-state index in [9.17, 15) is 18.5 Å². The molecule has 2 fully saturated rings. The summed E-state index contributed by atoms with van der Waals surface area (Å²) in [5.74, 6) is -2.03. The number of fused-ring (bicyclic) bond motifs is 2. The second kappa shape index (κ2) is 9.41. The van der Waals surface area contributed by atoms with E-state index in [1.807, 2.05) is 34.6 Å². The molecular weight excluding hydrogens is 384 g/mol. The van der Waals surface area contributed by atoms with Gasteiger partial charge in [-0.1, -0.05) is 13.8 Å². The van der Waals surface area contributed by atoms with Gasteiger partial charge in [-0.25, -0.2) is 18.9 Å². The Morgan fingerprint density at radius 1 is 1.10 bits per heavy atom. The van der Waals surface area contributed by atoms with Crippen LogP contribution >= 0.6 is 0 Å². The maximum Gasteiger partial charge on any atom is 0.410 e. The molecule has 2 aliphatic heterocycles. The van der Waals surface area contributed by atoms with E-state index in [2.05, 4.69) is 4.94 Å². The standard InChI is InChI=1S/C19H23F2NO5.C2H6/c1-19(2,3)26-18(24)22-11-4-5-12(22)9-14(8-11)25-13-6-7-16(20)15(10-13)17(23)27-21;1-2/h6-7,10-12,14H,4-5,8-9H2,1-3H3;1-2H3. The summed E-state index contributed by atoms with van der Waals surface area (Å²) in [7, 11) is 0. The second-order valence-corrected chi connectivity index (χ2v) is 7.99. The molecule has 2 heterocycles. The molecule has 1 aromatic rings. The van der Waals surface area contributed by atoms with Crippen LogP contribution in [0.25, 0.3) is 0 Å². The topological polar surface area (TPSA) is 65.1 Å². The fraction of sp³-hybridized carbons (Fsp3) is 0.619. The molecule has 2 aliphatic rings. The summed E-state index contributed by atoms with van der Waals surface area (Å²) in [6.45, 7) is 9.49. The number of nitrogens with zero attached hydrogens (tertiary/aromatic N) is 1. The fourth-order valence-corrected chi connectivity index (χ4v) is 3.80. The van der Waals surface area contributed by atoms with Crippen molar-refractivity contribution in [1.82, 2.24) is 4.90 Å². The number of hydrogen-bond acceptors (Lipinski definition) is 5. The van der Waals surface area contributed by atoms with Gasteiger partial charge in [-0.05, 0) is 51.8 Å². The number of ether oxygens (including phenoxy) is 2. The van der Waals surface area contributed by atoms with E-state index in [4.69, 9.17) is 9.47 Å². The van der Waals surface area contributed by atoms with Crippen LogP contribution in [-0.4, -0.2) is 40.8 Å². The lowest BCUT2D eigenvalue weighted by molar-refractivity contribution is -0.0792.